The molecule has 0 radical (unpaired) electrons. The Balaban J connectivity index is 2.73. The molecule has 1 aliphatic rings. The highest BCUT2D eigenvalue weighted by atomic mass is 15.1. The molecule has 0 aliphatic carbocycles. The quantitative estimate of drug-likeness (QED) is 0.452. The summed E-state index contributed by atoms with van der Waals surface area (Å²) in [6.45, 7) is 4.27. The number of nitrogens with zero attached hydrogens (tertiary/aromatic N) is 1. The predicted molar refractivity (Wildman–Crippen MR) is 43.6 cm³/mol. The van der Waals surface area contributed by atoms with Crippen molar-refractivity contribution < 1.29 is 0 Å². The van der Waals surface area contributed by atoms with Crippen LogP contribution in [0.4, 0.5) is 0 Å². The summed E-state index contributed by atoms with van der Waals surface area (Å²) in [4.78, 5) is 2.29. The minimum Gasteiger partial charge on any atom is -0.302 e. The van der Waals surface area contributed by atoms with E-state index in [1.54, 1.807) is 0 Å². The van der Waals surface area contributed by atoms with Gasteiger partial charge in [-0.2, -0.15) is 0 Å². The van der Waals surface area contributed by atoms with Crippen molar-refractivity contribution >= 4 is 0 Å². The molecule has 1 nitrogen and oxygen atoms in total. The van der Waals surface area contributed by atoms with Crippen LogP contribution in [0, 0.1) is 12.3 Å². The molecule has 54 valence electrons. The van der Waals surface area contributed by atoms with E-state index < -0.39 is 0 Å². The van der Waals surface area contributed by atoms with Crippen LogP contribution in [-0.2, 0) is 0 Å². The van der Waals surface area contributed by atoms with E-state index >= 15 is 0 Å². The summed E-state index contributed by atoms with van der Waals surface area (Å²) in [7, 11) is 2.12. The Morgan fingerprint density at radius 3 is 2.80 bits per heavy atom. The first-order valence-electron chi connectivity index (χ1n) is 3.58. The van der Waals surface area contributed by atoms with Crippen molar-refractivity contribution in [1.82, 2.24) is 4.90 Å². The van der Waals surface area contributed by atoms with Gasteiger partial charge in [0.1, 0.15) is 0 Å². The minimum absolute atomic E-state index is 1.04. The highest BCUT2D eigenvalue weighted by Gasteiger charge is 2.10. The predicted octanol–water partition coefficient (Wildman–Crippen LogP) is 1.27. The van der Waals surface area contributed by atoms with Gasteiger partial charge in [-0.15, -0.1) is 6.42 Å². The number of hydrogen-bond acceptors (Lipinski definition) is 1. The lowest BCUT2D eigenvalue weighted by Crippen LogP contribution is -2.26. The molecule has 0 amide bonds. The van der Waals surface area contributed by atoms with Crippen LogP contribution in [0.5, 0.6) is 0 Å². The first kappa shape index (κ1) is 7.37. The van der Waals surface area contributed by atoms with Crippen molar-refractivity contribution in [3.63, 3.8) is 0 Å². The summed E-state index contributed by atoms with van der Waals surface area (Å²) in [5, 5.41) is 0. The second-order valence-electron chi connectivity index (χ2n) is 2.89. The van der Waals surface area contributed by atoms with Crippen LogP contribution < -0.4 is 0 Å². The first-order chi connectivity index (χ1) is 4.74. The smallest absolute Gasteiger partial charge is 0.0199 e. The Hall–Kier alpha value is -0.740. The number of likely N-dealkylation sites (N-methyl/N-ethyl adjacent to an activating group) is 1. The zero-order chi connectivity index (χ0) is 7.56. The Bertz CT molecular complexity index is 195. The fourth-order valence-corrected chi connectivity index (χ4v) is 1.29. The lowest BCUT2D eigenvalue weighted by molar-refractivity contribution is 0.351. The first-order valence-corrected chi connectivity index (χ1v) is 3.58. The van der Waals surface area contributed by atoms with Gasteiger partial charge in [-0.25, -0.2) is 0 Å². The van der Waals surface area contributed by atoms with Gasteiger partial charge in [0.2, 0.25) is 0 Å². The third-order valence-electron chi connectivity index (χ3n) is 1.94. The molecule has 0 bridgehead atoms. The van der Waals surface area contributed by atoms with Crippen LogP contribution >= 0.6 is 0 Å². The Morgan fingerprint density at radius 2 is 2.30 bits per heavy atom. The molecule has 0 spiro atoms. The fraction of sp³-hybridized carbons (Fsp3) is 0.556. The maximum Gasteiger partial charge on any atom is 0.0199 e. The van der Waals surface area contributed by atoms with Crippen LogP contribution in [0.3, 0.4) is 0 Å². The molecule has 0 atom stereocenters. The van der Waals surface area contributed by atoms with Gasteiger partial charge in [0.05, 0.1) is 0 Å². The Labute approximate surface area is 62.7 Å². The largest absolute Gasteiger partial charge is 0.302 e. The molecule has 1 rings (SSSR count). The van der Waals surface area contributed by atoms with Crippen molar-refractivity contribution in [1.29, 1.82) is 0 Å². The van der Waals surface area contributed by atoms with E-state index in [0.717, 1.165) is 19.5 Å². The molecule has 0 unspecified atom stereocenters. The molecule has 0 saturated carbocycles. The average molecular weight is 135 g/mol. The van der Waals surface area contributed by atoms with Crippen molar-refractivity contribution in [3.05, 3.63) is 11.1 Å². The second kappa shape index (κ2) is 2.90. The van der Waals surface area contributed by atoms with E-state index in [2.05, 4.69) is 24.8 Å². The average Bonchev–Trinajstić information content (AvgIpc) is 1.88. The topological polar surface area (TPSA) is 3.24 Å². The van der Waals surface area contributed by atoms with Gasteiger partial charge in [-0.1, -0.05) is 5.92 Å². The molecule has 1 heterocycles. The van der Waals surface area contributed by atoms with Gasteiger partial charge in [-0.05, 0) is 26.0 Å². The summed E-state index contributed by atoms with van der Waals surface area (Å²) in [5.41, 5.74) is 2.56. The van der Waals surface area contributed by atoms with Gasteiger partial charge in [0.25, 0.3) is 0 Å². The lowest BCUT2D eigenvalue weighted by Gasteiger charge is -2.23. The molecular weight excluding hydrogens is 122 g/mol. The Morgan fingerprint density at radius 1 is 1.60 bits per heavy atom. The van der Waals surface area contributed by atoms with Crippen LogP contribution in [0.25, 0.3) is 0 Å². The normalized spacial score (nSPS) is 20.9. The molecule has 0 aromatic heterocycles. The van der Waals surface area contributed by atoms with Gasteiger partial charge in [0, 0.05) is 18.7 Å². The zero-order valence-corrected chi connectivity index (χ0v) is 6.65. The molecule has 0 aromatic rings. The zero-order valence-electron chi connectivity index (χ0n) is 6.65. The highest BCUT2D eigenvalue weighted by molar-refractivity contribution is 5.32. The molecular formula is C9H13N. The summed E-state index contributed by atoms with van der Waals surface area (Å²) in [6, 6.07) is 0. The van der Waals surface area contributed by atoms with Crippen molar-refractivity contribution in [2.24, 2.45) is 0 Å². The highest BCUT2D eigenvalue weighted by Crippen LogP contribution is 2.14. The minimum atomic E-state index is 1.04. The van der Waals surface area contributed by atoms with Gasteiger partial charge in [-0.3, -0.25) is 0 Å². The van der Waals surface area contributed by atoms with E-state index in [1.165, 1.54) is 11.1 Å². The van der Waals surface area contributed by atoms with Crippen LogP contribution in [0.15, 0.2) is 11.1 Å². The summed E-state index contributed by atoms with van der Waals surface area (Å²) in [6.07, 6.45) is 6.37. The standard InChI is InChI=1S/C9H13N/c1-4-9-5-6-10(3)7-8(9)2/h1H,5-7H2,2-3H3. The molecule has 1 heteroatoms. The molecule has 0 aromatic carbocycles. The summed E-state index contributed by atoms with van der Waals surface area (Å²) in [5.74, 6) is 2.73. The summed E-state index contributed by atoms with van der Waals surface area (Å²) < 4.78 is 0. The van der Waals surface area contributed by atoms with E-state index in [4.69, 9.17) is 6.42 Å². The Kier molecular flexibility index (Phi) is 2.13. The molecule has 0 fully saturated rings. The number of hydrogen-bond donors (Lipinski definition) is 0. The maximum absolute atomic E-state index is 5.31. The van der Waals surface area contributed by atoms with Gasteiger partial charge in [0.15, 0.2) is 0 Å². The van der Waals surface area contributed by atoms with Crippen LogP contribution in [0.1, 0.15) is 13.3 Å². The third kappa shape index (κ3) is 1.40. The van der Waals surface area contributed by atoms with E-state index in [1.807, 2.05) is 0 Å². The molecule has 0 N–H and O–H groups in total. The second-order valence-corrected chi connectivity index (χ2v) is 2.89. The summed E-state index contributed by atoms with van der Waals surface area (Å²) >= 11 is 0. The SMILES string of the molecule is C#CC1=C(C)CN(C)CC1. The monoisotopic (exact) mass is 135 g/mol. The van der Waals surface area contributed by atoms with E-state index in [0.29, 0.717) is 0 Å². The van der Waals surface area contributed by atoms with Crippen molar-refractivity contribution in [2.45, 2.75) is 13.3 Å². The van der Waals surface area contributed by atoms with Crippen LogP contribution in [0.2, 0.25) is 0 Å². The molecule has 10 heavy (non-hydrogen) atoms. The van der Waals surface area contributed by atoms with E-state index in [9.17, 15) is 0 Å². The lowest BCUT2D eigenvalue weighted by atomic mass is 10.0. The fourth-order valence-electron chi connectivity index (χ4n) is 1.29. The number of terminal acetylenes is 1. The van der Waals surface area contributed by atoms with Crippen LogP contribution in [-0.4, -0.2) is 25.0 Å². The van der Waals surface area contributed by atoms with Gasteiger partial charge >= 0.3 is 0 Å². The number of rotatable bonds is 0. The molecule has 0 saturated heterocycles. The van der Waals surface area contributed by atoms with Gasteiger partial charge < -0.3 is 4.90 Å². The van der Waals surface area contributed by atoms with Crippen molar-refractivity contribution in [3.8, 4) is 12.3 Å². The third-order valence-corrected chi connectivity index (χ3v) is 1.94. The maximum atomic E-state index is 5.31. The molecule has 1 aliphatic heterocycles. The van der Waals surface area contributed by atoms with Crippen molar-refractivity contribution in [2.75, 3.05) is 20.1 Å². The van der Waals surface area contributed by atoms with E-state index in [-0.39, 0.29) is 0 Å².